The number of nitrogens with zero attached hydrogens (tertiary/aromatic N) is 2. The molecule has 0 N–H and O–H groups in total. The number of hydrogen-bond donors (Lipinski definition) is 0. The van der Waals surface area contributed by atoms with Gasteiger partial charge in [0, 0.05) is 42.0 Å². The Morgan fingerprint density at radius 2 is 1.57 bits per heavy atom. The van der Waals surface area contributed by atoms with Crippen molar-refractivity contribution in [2.24, 2.45) is 17.8 Å². The molecule has 0 aromatic rings. The van der Waals surface area contributed by atoms with Crippen LogP contribution in [0.1, 0.15) is 40.0 Å². The Balaban J connectivity index is 2.81. The lowest BCUT2D eigenvalue weighted by Crippen LogP contribution is -2.36. The minimum atomic E-state index is -0.843. The van der Waals surface area contributed by atoms with Gasteiger partial charge in [-0.3, -0.25) is 25.0 Å². The van der Waals surface area contributed by atoms with Gasteiger partial charge in [-0.05, 0) is 25.7 Å². The molecule has 1 aliphatic rings. The Bertz CT molecular complexity index is 385. The van der Waals surface area contributed by atoms with Gasteiger partial charge in [-0.1, -0.05) is 0 Å². The SMILES string of the molecule is CCOC(=O)CC1C[C@H](C(C)[N+](=O)[O-])[C@@H](C(C)[N+](=O)[O-])C1. The smallest absolute Gasteiger partial charge is 0.306 e. The number of hydrogen-bond acceptors (Lipinski definition) is 6. The summed E-state index contributed by atoms with van der Waals surface area (Å²) in [5, 5.41) is 22.0. The standard InChI is InChI=1S/C13H22N2O6/c1-4-21-13(16)7-10-5-11(8(2)14(17)18)12(6-10)9(3)15(19)20/h8-12H,4-7H2,1-3H3/t8?,9?,10?,11-,12-/m1/s1. The van der Waals surface area contributed by atoms with Crippen LogP contribution in [-0.4, -0.2) is 34.5 Å². The van der Waals surface area contributed by atoms with Gasteiger partial charge in [-0.2, -0.15) is 0 Å². The van der Waals surface area contributed by atoms with Crippen LogP contribution in [0.5, 0.6) is 0 Å². The number of nitro groups is 2. The number of carbonyl (C=O) groups excluding carboxylic acids is 1. The van der Waals surface area contributed by atoms with E-state index in [4.69, 9.17) is 4.74 Å². The second-order valence-electron chi connectivity index (χ2n) is 5.73. The molecule has 8 nitrogen and oxygen atoms in total. The van der Waals surface area contributed by atoms with Crippen LogP contribution in [0.3, 0.4) is 0 Å². The van der Waals surface area contributed by atoms with E-state index in [2.05, 4.69) is 0 Å². The summed E-state index contributed by atoms with van der Waals surface area (Å²) in [6, 6.07) is -1.69. The van der Waals surface area contributed by atoms with Crippen molar-refractivity contribution in [2.75, 3.05) is 6.61 Å². The molecule has 0 aliphatic heterocycles. The predicted molar refractivity (Wildman–Crippen MR) is 73.9 cm³/mol. The van der Waals surface area contributed by atoms with E-state index in [1.54, 1.807) is 6.92 Å². The molecule has 0 aromatic heterocycles. The molecule has 1 aliphatic carbocycles. The largest absolute Gasteiger partial charge is 0.466 e. The summed E-state index contributed by atoms with van der Waals surface area (Å²) in [6.45, 7) is 4.96. The zero-order chi connectivity index (χ0) is 16.2. The van der Waals surface area contributed by atoms with Gasteiger partial charge in [0.05, 0.1) is 6.61 Å². The van der Waals surface area contributed by atoms with Crippen molar-refractivity contribution >= 4 is 5.97 Å². The average Bonchev–Trinajstić information content (AvgIpc) is 2.80. The second kappa shape index (κ2) is 7.33. The first-order valence-corrected chi connectivity index (χ1v) is 7.20. The van der Waals surface area contributed by atoms with Crippen LogP contribution >= 0.6 is 0 Å². The lowest BCUT2D eigenvalue weighted by atomic mass is 9.85. The Morgan fingerprint density at radius 1 is 1.14 bits per heavy atom. The summed E-state index contributed by atoms with van der Waals surface area (Å²) in [5.74, 6) is -1.17. The van der Waals surface area contributed by atoms with Gasteiger partial charge in [0.2, 0.25) is 12.1 Å². The zero-order valence-corrected chi connectivity index (χ0v) is 12.6. The molecule has 0 spiro atoms. The van der Waals surface area contributed by atoms with Crippen molar-refractivity contribution in [3.63, 3.8) is 0 Å². The Hall–Kier alpha value is -1.73. The maximum Gasteiger partial charge on any atom is 0.306 e. The molecule has 0 saturated heterocycles. The topological polar surface area (TPSA) is 113 Å². The van der Waals surface area contributed by atoms with E-state index >= 15 is 0 Å². The molecule has 1 rings (SSSR count). The second-order valence-corrected chi connectivity index (χ2v) is 5.73. The van der Waals surface area contributed by atoms with Crippen molar-refractivity contribution in [3.05, 3.63) is 20.2 Å². The van der Waals surface area contributed by atoms with Crippen LogP contribution in [-0.2, 0) is 9.53 Å². The Kier molecular flexibility index (Phi) is 6.04. The number of rotatable bonds is 7. The van der Waals surface area contributed by atoms with Gasteiger partial charge in [0.25, 0.3) is 0 Å². The highest BCUT2D eigenvalue weighted by Gasteiger charge is 2.48. The van der Waals surface area contributed by atoms with Crippen LogP contribution in [0.4, 0.5) is 0 Å². The Labute approximate surface area is 123 Å². The first kappa shape index (κ1) is 17.3. The summed E-state index contributed by atoms with van der Waals surface area (Å²) in [5.41, 5.74) is 0. The zero-order valence-electron chi connectivity index (χ0n) is 12.6. The third-order valence-corrected chi connectivity index (χ3v) is 4.43. The lowest BCUT2D eigenvalue weighted by Gasteiger charge is -2.21. The first-order valence-electron chi connectivity index (χ1n) is 7.20. The highest BCUT2D eigenvalue weighted by Crippen LogP contribution is 2.43. The maximum atomic E-state index is 11.5. The molecule has 0 bridgehead atoms. The number of ether oxygens (including phenoxy) is 1. The van der Waals surface area contributed by atoms with Crippen LogP contribution in [0, 0.1) is 38.0 Å². The van der Waals surface area contributed by atoms with E-state index in [0.717, 1.165) is 0 Å². The predicted octanol–water partition coefficient (Wildman–Crippen LogP) is 1.91. The summed E-state index contributed by atoms with van der Waals surface area (Å²) >= 11 is 0. The molecule has 1 fully saturated rings. The van der Waals surface area contributed by atoms with Crippen LogP contribution in [0.25, 0.3) is 0 Å². The van der Waals surface area contributed by atoms with Crippen molar-refractivity contribution in [1.29, 1.82) is 0 Å². The quantitative estimate of drug-likeness (QED) is 0.403. The fourth-order valence-electron chi connectivity index (χ4n) is 3.26. The van der Waals surface area contributed by atoms with Gasteiger partial charge in [0.1, 0.15) is 0 Å². The average molecular weight is 302 g/mol. The lowest BCUT2D eigenvalue weighted by molar-refractivity contribution is -0.548. The monoisotopic (exact) mass is 302 g/mol. The molecule has 0 radical (unpaired) electrons. The third-order valence-electron chi connectivity index (χ3n) is 4.43. The molecule has 120 valence electrons. The maximum absolute atomic E-state index is 11.5. The first-order chi connectivity index (χ1) is 9.77. The molecular formula is C13H22N2O6. The molecule has 4 atom stereocenters. The molecular weight excluding hydrogens is 280 g/mol. The molecule has 0 amide bonds. The minimum Gasteiger partial charge on any atom is -0.466 e. The van der Waals surface area contributed by atoms with Crippen LogP contribution < -0.4 is 0 Å². The highest BCUT2D eigenvalue weighted by molar-refractivity contribution is 5.69. The third kappa shape index (κ3) is 4.37. The summed E-state index contributed by atoms with van der Waals surface area (Å²) in [6.07, 6.45) is 1.10. The number of carbonyl (C=O) groups is 1. The molecule has 2 unspecified atom stereocenters. The highest BCUT2D eigenvalue weighted by atomic mass is 16.6. The fourth-order valence-corrected chi connectivity index (χ4v) is 3.26. The molecule has 21 heavy (non-hydrogen) atoms. The van der Waals surface area contributed by atoms with E-state index in [0.29, 0.717) is 12.8 Å². The van der Waals surface area contributed by atoms with Crippen molar-refractivity contribution < 1.29 is 19.4 Å². The van der Waals surface area contributed by atoms with Crippen LogP contribution in [0.2, 0.25) is 0 Å². The van der Waals surface area contributed by atoms with Crippen molar-refractivity contribution in [3.8, 4) is 0 Å². The van der Waals surface area contributed by atoms with Gasteiger partial charge >= 0.3 is 5.97 Å². The molecule has 0 aromatic carbocycles. The Morgan fingerprint density at radius 3 is 1.90 bits per heavy atom. The fraction of sp³-hybridized carbons (Fsp3) is 0.923. The van der Waals surface area contributed by atoms with Gasteiger partial charge in [0.15, 0.2) is 0 Å². The van der Waals surface area contributed by atoms with Crippen molar-refractivity contribution in [2.45, 2.75) is 52.1 Å². The molecule has 0 heterocycles. The van der Waals surface area contributed by atoms with E-state index in [9.17, 15) is 25.0 Å². The summed E-state index contributed by atoms with van der Waals surface area (Å²) in [7, 11) is 0. The van der Waals surface area contributed by atoms with E-state index in [1.165, 1.54) is 13.8 Å². The van der Waals surface area contributed by atoms with Gasteiger partial charge in [-0.15, -0.1) is 0 Å². The van der Waals surface area contributed by atoms with E-state index in [1.807, 2.05) is 0 Å². The summed E-state index contributed by atoms with van der Waals surface area (Å²) < 4.78 is 4.88. The normalized spacial score (nSPS) is 27.9. The van der Waals surface area contributed by atoms with Crippen molar-refractivity contribution in [1.82, 2.24) is 0 Å². The van der Waals surface area contributed by atoms with E-state index < -0.39 is 21.9 Å². The summed E-state index contributed by atoms with van der Waals surface area (Å²) in [4.78, 5) is 32.7. The molecule has 8 heteroatoms. The van der Waals surface area contributed by atoms with Crippen LogP contribution in [0.15, 0.2) is 0 Å². The van der Waals surface area contributed by atoms with Gasteiger partial charge in [-0.25, -0.2) is 0 Å². The number of esters is 1. The van der Waals surface area contributed by atoms with Gasteiger partial charge < -0.3 is 4.74 Å². The van der Waals surface area contributed by atoms with E-state index in [-0.39, 0.29) is 36.8 Å². The molecule has 1 saturated carbocycles. The minimum absolute atomic E-state index is 0.0798.